The van der Waals surface area contributed by atoms with Crippen molar-refractivity contribution in [2.75, 3.05) is 5.32 Å². The van der Waals surface area contributed by atoms with Gasteiger partial charge < -0.3 is 9.88 Å². The molecule has 0 bridgehead atoms. The number of rotatable bonds is 3. The van der Waals surface area contributed by atoms with Crippen LogP contribution in [0.25, 0.3) is 0 Å². The van der Waals surface area contributed by atoms with Crippen LogP contribution in [0.5, 0.6) is 0 Å². The van der Waals surface area contributed by atoms with Gasteiger partial charge in [0.2, 0.25) is 0 Å². The number of nitrogens with zero attached hydrogens (tertiary/aromatic N) is 3. The number of aryl methyl sites for hydroxylation is 1. The van der Waals surface area contributed by atoms with Crippen molar-refractivity contribution in [2.24, 2.45) is 7.05 Å². The van der Waals surface area contributed by atoms with Crippen molar-refractivity contribution in [3.8, 4) is 0 Å². The van der Waals surface area contributed by atoms with Crippen LogP contribution in [0.2, 0.25) is 5.02 Å². The maximum absolute atomic E-state index is 5.93. The lowest BCUT2D eigenvalue weighted by atomic mass is 10.3. The SMILES string of the molecule is Cc1nnc(CNc2ccc(Cl)c(Br)c2)n1C. The zero-order valence-corrected chi connectivity index (χ0v) is 11.9. The van der Waals surface area contributed by atoms with Crippen LogP contribution in [0, 0.1) is 6.92 Å². The topological polar surface area (TPSA) is 42.7 Å². The minimum atomic E-state index is 0.630. The van der Waals surface area contributed by atoms with Crippen molar-refractivity contribution in [3.63, 3.8) is 0 Å². The second kappa shape index (κ2) is 5.06. The van der Waals surface area contributed by atoms with Gasteiger partial charge in [-0.25, -0.2) is 0 Å². The van der Waals surface area contributed by atoms with Gasteiger partial charge in [0.1, 0.15) is 5.82 Å². The third-order valence-corrected chi connectivity index (χ3v) is 3.77. The summed E-state index contributed by atoms with van der Waals surface area (Å²) in [4.78, 5) is 0. The van der Waals surface area contributed by atoms with E-state index < -0.39 is 0 Å². The van der Waals surface area contributed by atoms with Gasteiger partial charge in [-0.3, -0.25) is 0 Å². The summed E-state index contributed by atoms with van der Waals surface area (Å²) < 4.78 is 2.83. The molecule has 6 heteroatoms. The molecule has 0 aliphatic heterocycles. The van der Waals surface area contributed by atoms with Gasteiger partial charge in [-0.15, -0.1) is 10.2 Å². The van der Waals surface area contributed by atoms with E-state index in [1.165, 1.54) is 0 Å². The summed E-state index contributed by atoms with van der Waals surface area (Å²) in [5, 5.41) is 12.1. The lowest BCUT2D eigenvalue weighted by Gasteiger charge is -2.07. The molecule has 0 unspecified atom stereocenters. The van der Waals surface area contributed by atoms with Gasteiger partial charge in [0, 0.05) is 17.2 Å². The van der Waals surface area contributed by atoms with E-state index in [0.29, 0.717) is 11.6 Å². The minimum Gasteiger partial charge on any atom is -0.378 e. The van der Waals surface area contributed by atoms with Crippen molar-refractivity contribution in [3.05, 3.63) is 39.3 Å². The monoisotopic (exact) mass is 314 g/mol. The Hall–Kier alpha value is -1.07. The van der Waals surface area contributed by atoms with Crippen molar-refractivity contribution in [1.29, 1.82) is 0 Å². The van der Waals surface area contributed by atoms with E-state index in [9.17, 15) is 0 Å². The molecule has 90 valence electrons. The van der Waals surface area contributed by atoms with Crippen LogP contribution in [-0.4, -0.2) is 14.8 Å². The maximum Gasteiger partial charge on any atom is 0.152 e. The van der Waals surface area contributed by atoms with E-state index in [4.69, 9.17) is 11.6 Å². The first-order valence-electron chi connectivity index (χ1n) is 5.11. The molecular formula is C11H12BrClN4. The van der Waals surface area contributed by atoms with Crippen molar-refractivity contribution >= 4 is 33.2 Å². The first-order chi connectivity index (χ1) is 8.08. The number of anilines is 1. The van der Waals surface area contributed by atoms with Gasteiger partial charge in [0.15, 0.2) is 5.82 Å². The predicted molar refractivity (Wildman–Crippen MR) is 72.2 cm³/mol. The van der Waals surface area contributed by atoms with Crippen LogP contribution in [-0.2, 0) is 13.6 Å². The van der Waals surface area contributed by atoms with Gasteiger partial charge in [-0.05, 0) is 41.1 Å². The Morgan fingerprint density at radius 1 is 1.41 bits per heavy atom. The molecule has 17 heavy (non-hydrogen) atoms. The van der Waals surface area contributed by atoms with E-state index in [0.717, 1.165) is 21.8 Å². The number of aromatic nitrogens is 3. The highest BCUT2D eigenvalue weighted by Gasteiger charge is 2.05. The number of halogens is 2. The molecule has 0 saturated carbocycles. The molecule has 1 heterocycles. The first kappa shape index (κ1) is 12.4. The van der Waals surface area contributed by atoms with E-state index >= 15 is 0 Å². The zero-order chi connectivity index (χ0) is 12.4. The van der Waals surface area contributed by atoms with Gasteiger partial charge >= 0.3 is 0 Å². The quantitative estimate of drug-likeness (QED) is 0.946. The highest BCUT2D eigenvalue weighted by atomic mass is 79.9. The molecule has 2 aromatic rings. The Bertz CT molecular complexity index is 538. The van der Waals surface area contributed by atoms with Crippen LogP contribution >= 0.6 is 27.5 Å². The molecule has 0 aliphatic carbocycles. The second-order valence-electron chi connectivity index (χ2n) is 3.70. The number of benzene rings is 1. The van der Waals surface area contributed by atoms with Crippen LogP contribution in [0.1, 0.15) is 11.6 Å². The normalized spacial score (nSPS) is 10.6. The molecule has 0 spiro atoms. The first-order valence-corrected chi connectivity index (χ1v) is 6.29. The zero-order valence-electron chi connectivity index (χ0n) is 9.54. The molecule has 0 saturated heterocycles. The lowest BCUT2D eigenvalue weighted by Crippen LogP contribution is -2.06. The molecule has 0 atom stereocenters. The lowest BCUT2D eigenvalue weighted by molar-refractivity contribution is 0.789. The molecule has 1 aromatic heterocycles. The Morgan fingerprint density at radius 3 is 2.76 bits per heavy atom. The second-order valence-corrected chi connectivity index (χ2v) is 4.97. The number of nitrogens with one attached hydrogen (secondary N) is 1. The maximum atomic E-state index is 5.93. The molecule has 2 rings (SSSR count). The standard InChI is InChI=1S/C11H12BrClN4/c1-7-15-16-11(17(7)2)6-14-8-3-4-10(13)9(12)5-8/h3-5,14H,6H2,1-2H3. The third-order valence-electron chi connectivity index (χ3n) is 2.55. The molecule has 0 amide bonds. The van der Waals surface area contributed by atoms with E-state index in [1.54, 1.807) is 0 Å². The number of hydrogen-bond acceptors (Lipinski definition) is 3. The fraction of sp³-hybridized carbons (Fsp3) is 0.273. The Labute approximate surface area is 113 Å². The van der Waals surface area contributed by atoms with E-state index in [1.807, 2.05) is 36.7 Å². The van der Waals surface area contributed by atoms with Gasteiger partial charge in [-0.1, -0.05) is 11.6 Å². The summed E-state index contributed by atoms with van der Waals surface area (Å²) in [5.74, 6) is 1.80. The van der Waals surface area contributed by atoms with Gasteiger partial charge in [-0.2, -0.15) is 0 Å². The summed E-state index contributed by atoms with van der Waals surface area (Å²) in [7, 11) is 1.95. The highest BCUT2D eigenvalue weighted by molar-refractivity contribution is 9.10. The van der Waals surface area contributed by atoms with Crippen molar-refractivity contribution in [2.45, 2.75) is 13.5 Å². The fourth-order valence-corrected chi connectivity index (χ4v) is 1.89. The van der Waals surface area contributed by atoms with Crippen molar-refractivity contribution < 1.29 is 0 Å². The molecule has 0 radical (unpaired) electrons. The molecule has 0 fully saturated rings. The minimum absolute atomic E-state index is 0.630. The average molecular weight is 316 g/mol. The third kappa shape index (κ3) is 2.79. The van der Waals surface area contributed by atoms with E-state index in [-0.39, 0.29) is 0 Å². The molecule has 4 nitrogen and oxygen atoms in total. The van der Waals surface area contributed by atoms with Crippen LogP contribution in [0.4, 0.5) is 5.69 Å². The fourth-order valence-electron chi connectivity index (χ4n) is 1.39. The smallest absolute Gasteiger partial charge is 0.152 e. The summed E-state index contributed by atoms with van der Waals surface area (Å²) in [6, 6.07) is 5.71. The molecular weight excluding hydrogens is 304 g/mol. The molecule has 1 aromatic carbocycles. The Morgan fingerprint density at radius 2 is 2.18 bits per heavy atom. The van der Waals surface area contributed by atoms with E-state index in [2.05, 4.69) is 31.4 Å². The van der Waals surface area contributed by atoms with Crippen LogP contribution in [0.15, 0.2) is 22.7 Å². The summed E-state index contributed by atoms with van der Waals surface area (Å²) >= 11 is 9.31. The molecule has 1 N–H and O–H groups in total. The predicted octanol–water partition coefficient (Wildman–Crippen LogP) is 3.15. The van der Waals surface area contributed by atoms with Crippen LogP contribution < -0.4 is 5.32 Å². The van der Waals surface area contributed by atoms with Crippen LogP contribution in [0.3, 0.4) is 0 Å². The molecule has 0 aliphatic rings. The van der Waals surface area contributed by atoms with Gasteiger partial charge in [0.05, 0.1) is 11.6 Å². The summed E-state index contributed by atoms with van der Waals surface area (Å²) in [6.45, 7) is 2.56. The average Bonchev–Trinajstić information content (AvgIpc) is 2.62. The Kier molecular flexibility index (Phi) is 3.69. The van der Waals surface area contributed by atoms with Crippen molar-refractivity contribution in [1.82, 2.24) is 14.8 Å². The highest BCUT2D eigenvalue weighted by Crippen LogP contribution is 2.25. The summed E-state index contributed by atoms with van der Waals surface area (Å²) in [6.07, 6.45) is 0. The summed E-state index contributed by atoms with van der Waals surface area (Å²) in [5.41, 5.74) is 0.988. The Balaban J connectivity index is 2.07. The number of hydrogen-bond donors (Lipinski definition) is 1. The van der Waals surface area contributed by atoms with Gasteiger partial charge in [0.25, 0.3) is 0 Å². The largest absolute Gasteiger partial charge is 0.378 e.